The number of hydrogen-bond acceptors (Lipinski definition) is 0. The second-order valence-electron chi connectivity index (χ2n) is 9.25. The summed E-state index contributed by atoms with van der Waals surface area (Å²) in [5, 5.41) is 0. The van der Waals surface area contributed by atoms with E-state index in [1.165, 1.54) is 25.7 Å². The Hall–Kier alpha value is -1.96. The minimum atomic E-state index is -0.739. The van der Waals surface area contributed by atoms with Crippen LogP contribution in [-0.4, -0.2) is 0 Å². The molecule has 3 rings (SSSR count). The van der Waals surface area contributed by atoms with E-state index in [0.717, 1.165) is 36.3 Å². The molecule has 0 fully saturated rings. The Kier molecular flexibility index (Phi) is 9.75. The van der Waals surface area contributed by atoms with Gasteiger partial charge in [-0.1, -0.05) is 101 Å². The van der Waals surface area contributed by atoms with Gasteiger partial charge in [0.15, 0.2) is 11.6 Å². The molecule has 0 aliphatic heterocycles. The van der Waals surface area contributed by atoms with Crippen LogP contribution in [0.25, 0.3) is 16.7 Å². The van der Waals surface area contributed by atoms with E-state index in [-0.39, 0.29) is 0 Å². The number of aryl methyl sites for hydroxylation is 1. The largest absolute Gasteiger partial charge is 0.203 e. The Labute approximate surface area is 182 Å². The lowest BCUT2D eigenvalue weighted by Crippen LogP contribution is -2.07. The number of hydrogen-bond donors (Lipinski definition) is 0. The molecule has 0 saturated carbocycles. The zero-order valence-electron chi connectivity index (χ0n) is 19.4. The third-order valence-corrected chi connectivity index (χ3v) is 5.53. The molecule has 30 heavy (non-hydrogen) atoms. The Balaban J connectivity index is 0.000000735. The fourth-order valence-electron chi connectivity index (χ4n) is 3.83. The number of rotatable bonds is 6. The Morgan fingerprint density at radius 2 is 1.50 bits per heavy atom. The summed E-state index contributed by atoms with van der Waals surface area (Å²) < 4.78 is 29.4. The monoisotopic (exact) mass is 412 g/mol. The molecule has 1 aliphatic carbocycles. The average Bonchev–Trinajstić information content (AvgIpc) is 2.71. The molecule has 0 bridgehead atoms. The van der Waals surface area contributed by atoms with E-state index < -0.39 is 11.6 Å². The predicted molar refractivity (Wildman–Crippen MR) is 127 cm³/mol. The van der Waals surface area contributed by atoms with Crippen LogP contribution in [0.2, 0.25) is 0 Å². The summed E-state index contributed by atoms with van der Waals surface area (Å²) in [6.45, 7) is 10.7. The molecule has 1 aliphatic rings. The van der Waals surface area contributed by atoms with Crippen LogP contribution in [0.3, 0.4) is 0 Å². The van der Waals surface area contributed by atoms with E-state index >= 15 is 0 Å². The van der Waals surface area contributed by atoms with Crippen molar-refractivity contribution in [2.75, 3.05) is 0 Å². The highest BCUT2D eigenvalue weighted by Crippen LogP contribution is 2.36. The van der Waals surface area contributed by atoms with Gasteiger partial charge in [-0.05, 0) is 49.2 Å². The molecule has 0 spiro atoms. The lowest BCUT2D eigenvalue weighted by Gasteiger charge is -2.22. The molecule has 0 aromatic heterocycles. The third kappa shape index (κ3) is 7.07. The molecule has 2 heteroatoms. The summed E-state index contributed by atoms with van der Waals surface area (Å²) >= 11 is 0. The van der Waals surface area contributed by atoms with E-state index in [9.17, 15) is 8.78 Å². The average molecular weight is 413 g/mol. The molecule has 0 amide bonds. The summed E-state index contributed by atoms with van der Waals surface area (Å²) in [5.41, 5.74) is 3.55. The van der Waals surface area contributed by atoms with E-state index in [1.807, 2.05) is 31.2 Å². The van der Waals surface area contributed by atoms with Crippen molar-refractivity contribution in [3.8, 4) is 11.1 Å². The van der Waals surface area contributed by atoms with Crippen molar-refractivity contribution in [1.82, 2.24) is 0 Å². The summed E-state index contributed by atoms with van der Waals surface area (Å²) in [7, 11) is 0. The van der Waals surface area contributed by atoms with Crippen LogP contribution >= 0.6 is 0 Å². The Morgan fingerprint density at radius 1 is 0.900 bits per heavy atom. The van der Waals surface area contributed by atoms with Crippen LogP contribution in [0.15, 0.2) is 42.5 Å². The number of halogens is 2. The van der Waals surface area contributed by atoms with E-state index in [2.05, 4.69) is 33.8 Å². The number of unbranched alkanes of at least 4 members (excludes halogenated alkanes) is 2. The van der Waals surface area contributed by atoms with Crippen molar-refractivity contribution in [1.29, 1.82) is 0 Å². The highest BCUT2D eigenvalue weighted by Gasteiger charge is 2.20. The molecular formula is C28H38F2. The maximum atomic E-state index is 14.7. The third-order valence-electron chi connectivity index (χ3n) is 5.53. The van der Waals surface area contributed by atoms with Gasteiger partial charge < -0.3 is 0 Å². The van der Waals surface area contributed by atoms with Crippen LogP contribution in [0.4, 0.5) is 8.78 Å². The van der Waals surface area contributed by atoms with Crippen molar-refractivity contribution >= 4 is 5.57 Å². The maximum Gasteiger partial charge on any atom is 0.167 e. The molecule has 1 unspecified atom stereocenters. The van der Waals surface area contributed by atoms with Gasteiger partial charge in [-0.3, -0.25) is 0 Å². The van der Waals surface area contributed by atoms with Crippen molar-refractivity contribution in [2.45, 2.75) is 79.6 Å². The fourth-order valence-corrected chi connectivity index (χ4v) is 3.83. The normalized spacial score (nSPS) is 16.1. The van der Waals surface area contributed by atoms with Gasteiger partial charge in [0.2, 0.25) is 0 Å². The second kappa shape index (κ2) is 12.0. The van der Waals surface area contributed by atoms with Crippen molar-refractivity contribution in [3.63, 3.8) is 0 Å². The van der Waals surface area contributed by atoms with E-state index in [4.69, 9.17) is 0 Å². The van der Waals surface area contributed by atoms with Crippen LogP contribution < -0.4 is 0 Å². The molecule has 164 valence electrons. The summed E-state index contributed by atoms with van der Waals surface area (Å²) in [6, 6.07) is 11.0. The van der Waals surface area contributed by atoms with Gasteiger partial charge in [0, 0.05) is 11.1 Å². The second-order valence-corrected chi connectivity index (χ2v) is 9.25. The molecule has 0 nitrogen and oxygen atoms in total. The molecule has 1 atom stereocenters. The quantitative estimate of drug-likeness (QED) is 0.414. The first-order valence-corrected chi connectivity index (χ1v) is 11.6. The first kappa shape index (κ1) is 24.3. The lowest BCUT2D eigenvalue weighted by atomic mass is 9.83. The van der Waals surface area contributed by atoms with Crippen molar-refractivity contribution < 1.29 is 8.78 Å². The van der Waals surface area contributed by atoms with Gasteiger partial charge in [0.05, 0.1) is 0 Å². The zero-order valence-corrected chi connectivity index (χ0v) is 19.4. The SMILES string of the molecule is CC(C)C.CCCCCC1CC=C(c2ccc(-c3ccc(C)cc3)c(F)c2F)CC1. The minimum absolute atomic E-state index is 0.333. The Morgan fingerprint density at radius 3 is 2.07 bits per heavy atom. The molecule has 0 radical (unpaired) electrons. The number of allylic oxidation sites excluding steroid dienone is 2. The predicted octanol–water partition coefficient (Wildman–Crippen LogP) is 9.37. The van der Waals surface area contributed by atoms with E-state index in [0.29, 0.717) is 22.6 Å². The molecule has 0 saturated heterocycles. The van der Waals surface area contributed by atoms with Gasteiger partial charge in [-0.15, -0.1) is 0 Å². The maximum absolute atomic E-state index is 14.7. The zero-order chi connectivity index (χ0) is 22.1. The molecular weight excluding hydrogens is 374 g/mol. The topological polar surface area (TPSA) is 0 Å². The summed E-state index contributed by atoms with van der Waals surface area (Å²) in [5.74, 6) is 0.0844. The van der Waals surface area contributed by atoms with Crippen molar-refractivity contribution in [3.05, 3.63) is 65.2 Å². The smallest absolute Gasteiger partial charge is 0.167 e. The summed E-state index contributed by atoms with van der Waals surface area (Å²) in [4.78, 5) is 0. The first-order valence-electron chi connectivity index (χ1n) is 11.6. The highest BCUT2D eigenvalue weighted by atomic mass is 19.2. The van der Waals surface area contributed by atoms with Gasteiger partial charge in [0.1, 0.15) is 0 Å². The van der Waals surface area contributed by atoms with Crippen LogP contribution in [0.1, 0.15) is 83.8 Å². The van der Waals surface area contributed by atoms with Crippen LogP contribution in [0, 0.1) is 30.4 Å². The van der Waals surface area contributed by atoms with Gasteiger partial charge in [0.25, 0.3) is 0 Å². The molecule has 0 N–H and O–H groups in total. The summed E-state index contributed by atoms with van der Waals surface area (Å²) in [6.07, 6.45) is 10.1. The van der Waals surface area contributed by atoms with Gasteiger partial charge in [-0.2, -0.15) is 0 Å². The standard InChI is InChI=1S/C24H28F2.C4H10/c1-3-4-5-6-18-9-13-20(14-10-18)22-16-15-21(23(25)24(22)26)19-11-7-17(2)8-12-19;1-4(2)3/h7-8,11-13,15-16,18H,3-6,9-10,14H2,1-2H3;4H,1-3H3. The highest BCUT2D eigenvalue weighted by molar-refractivity contribution is 5.72. The molecule has 0 heterocycles. The molecule has 2 aromatic carbocycles. The minimum Gasteiger partial charge on any atom is -0.203 e. The van der Waals surface area contributed by atoms with Crippen LogP contribution in [0.5, 0.6) is 0 Å². The van der Waals surface area contributed by atoms with E-state index in [1.54, 1.807) is 12.1 Å². The fraction of sp³-hybridized carbons (Fsp3) is 0.500. The number of benzene rings is 2. The van der Waals surface area contributed by atoms with Gasteiger partial charge >= 0.3 is 0 Å². The lowest BCUT2D eigenvalue weighted by molar-refractivity contribution is 0.427. The Bertz CT molecular complexity index is 813. The van der Waals surface area contributed by atoms with Gasteiger partial charge in [-0.25, -0.2) is 8.78 Å². The first-order chi connectivity index (χ1) is 14.3. The van der Waals surface area contributed by atoms with Crippen LogP contribution in [-0.2, 0) is 0 Å². The molecule has 2 aromatic rings. The van der Waals surface area contributed by atoms with Crippen molar-refractivity contribution in [2.24, 2.45) is 11.8 Å².